The van der Waals surface area contributed by atoms with Gasteiger partial charge < -0.3 is 15.2 Å². The molecule has 0 saturated carbocycles. The summed E-state index contributed by atoms with van der Waals surface area (Å²) in [5.74, 6) is 0.927. The van der Waals surface area contributed by atoms with E-state index in [9.17, 15) is 0 Å². The molecule has 2 heterocycles. The fraction of sp³-hybridized carbons (Fsp3) is 0.688. The Labute approximate surface area is 121 Å². The van der Waals surface area contributed by atoms with Crippen molar-refractivity contribution < 1.29 is 9.47 Å². The second-order valence-electron chi connectivity index (χ2n) is 5.73. The van der Waals surface area contributed by atoms with Gasteiger partial charge in [-0.1, -0.05) is 0 Å². The molecule has 0 aliphatic carbocycles. The minimum atomic E-state index is 0.0942. The van der Waals surface area contributed by atoms with Crippen LogP contribution in [0.1, 0.15) is 42.5 Å². The molecule has 1 aromatic heterocycles. The molecule has 0 bridgehead atoms. The fourth-order valence-electron chi connectivity index (χ4n) is 2.94. The fourth-order valence-corrected chi connectivity index (χ4v) is 2.94. The summed E-state index contributed by atoms with van der Waals surface area (Å²) in [5.41, 5.74) is 9.48. The maximum atomic E-state index is 6.27. The lowest BCUT2D eigenvalue weighted by Gasteiger charge is -2.25. The molecule has 1 aliphatic heterocycles. The van der Waals surface area contributed by atoms with Gasteiger partial charge in [-0.15, -0.1) is 0 Å². The zero-order valence-electron chi connectivity index (χ0n) is 12.8. The van der Waals surface area contributed by atoms with E-state index in [1.54, 1.807) is 7.11 Å². The molecule has 2 atom stereocenters. The third-order valence-electron chi connectivity index (χ3n) is 4.04. The highest BCUT2D eigenvalue weighted by Crippen LogP contribution is 2.25. The van der Waals surface area contributed by atoms with E-state index < -0.39 is 0 Å². The second-order valence-corrected chi connectivity index (χ2v) is 5.73. The SMILES string of the molecule is COc1c(C)cnc(CC(N)CC2CCCCO2)c1C. The molecule has 2 N–H and O–H groups in total. The molecular formula is C16H26N2O2. The Kier molecular flexibility index (Phi) is 5.38. The molecule has 112 valence electrons. The van der Waals surface area contributed by atoms with Crippen LogP contribution in [0.5, 0.6) is 5.75 Å². The smallest absolute Gasteiger partial charge is 0.128 e. The molecule has 0 spiro atoms. The van der Waals surface area contributed by atoms with Crippen LogP contribution in [0, 0.1) is 13.8 Å². The maximum absolute atomic E-state index is 6.27. The Hall–Kier alpha value is -1.13. The maximum Gasteiger partial charge on any atom is 0.128 e. The molecule has 20 heavy (non-hydrogen) atoms. The highest BCUT2D eigenvalue weighted by atomic mass is 16.5. The van der Waals surface area contributed by atoms with Gasteiger partial charge in [0.05, 0.1) is 13.2 Å². The van der Waals surface area contributed by atoms with Crippen molar-refractivity contribution in [1.29, 1.82) is 0 Å². The highest BCUT2D eigenvalue weighted by Gasteiger charge is 2.19. The second kappa shape index (κ2) is 7.04. The average molecular weight is 278 g/mol. The molecule has 0 aromatic carbocycles. The van der Waals surface area contributed by atoms with Crippen molar-refractivity contribution >= 4 is 0 Å². The number of rotatable bonds is 5. The van der Waals surface area contributed by atoms with E-state index >= 15 is 0 Å². The summed E-state index contributed by atoms with van der Waals surface area (Å²) in [7, 11) is 1.70. The molecule has 0 radical (unpaired) electrons. The third kappa shape index (κ3) is 3.70. The van der Waals surface area contributed by atoms with Gasteiger partial charge in [-0.2, -0.15) is 0 Å². The molecule has 2 rings (SSSR count). The summed E-state index contributed by atoms with van der Waals surface area (Å²) < 4.78 is 11.2. The van der Waals surface area contributed by atoms with Crippen molar-refractivity contribution in [2.45, 2.75) is 58.1 Å². The van der Waals surface area contributed by atoms with Crippen molar-refractivity contribution in [3.05, 3.63) is 23.0 Å². The van der Waals surface area contributed by atoms with Crippen LogP contribution in [0.4, 0.5) is 0 Å². The lowest BCUT2D eigenvalue weighted by atomic mass is 9.97. The van der Waals surface area contributed by atoms with Crippen molar-refractivity contribution in [2.24, 2.45) is 5.73 Å². The lowest BCUT2D eigenvalue weighted by molar-refractivity contribution is 0.00742. The van der Waals surface area contributed by atoms with Crippen LogP contribution in [0.15, 0.2) is 6.20 Å². The Morgan fingerprint density at radius 1 is 1.45 bits per heavy atom. The molecule has 2 unspecified atom stereocenters. The van der Waals surface area contributed by atoms with E-state index in [2.05, 4.69) is 11.9 Å². The van der Waals surface area contributed by atoms with Crippen molar-refractivity contribution in [3.8, 4) is 5.75 Å². The monoisotopic (exact) mass is 278 g/mol. The van der Waals surface area contributed by atoms with E-state index in [-0.39, 0.29) is 6.04 Å². The van der Waals surface area contributed by atoms with Crippen molar-refractivity contribution in [3.63, 3.8) is 0 Å². The van der Waals surface area contributed by atoms with Crippen LogP contribution in [-0.4, -0.2) is 30.8 Å². The lowest BCUT2D eigenvalue weighted by Crippen LogP contribution is -2.32. The summed E-state index contributed by atoms with van der Waals surface area (Å²) in [5, 5.41) is 0. The molecule has 0 amide bonds. The topological polar surface area (TPSA) is 57.4 Å². The quantitative estimate of drug-likeness (QED) is 0.899. The first kappa shape index (κ1) is 15.3. The molecular weight excluding hydrogens is 252 g/mol. The molecule has 4 heteroatoms. The number of ether oxygens (including phenoxy) is 2. The standard InChI is InChI=1S/C16H26N2O2/c1-11-10-18-15(12(2)16(11)19-3)9-13(17)8-14-6-4-5-7-20-14/h10,13-14H,4-9,17H2,1-3H3. The van der Waals surface area contributed by atoms with Crippen molar-refractivity contribution in [2.75, 3.05) is 13.7 Å². The number of hydrogen-bond acceptors (Lipinski definition) is 4. The Balaban J connectivity index is 1.98. The minimum absolute atomic E-state index is 0.0942. The van der Waals surface area contributed by atoms with Gasteiger partial charge in [0, 0.05) is 42.1 Å². The van der Waals surface area contributed by atoms with Gasteiger partial charge in [-0.25, -0.2) is 0 Å². The largest absolute Gasteiger partial charge is 0.496 e. The molecule has 1 fully saturated rings. The van der Waals surface area contributed by atoms with E-state index in [1.165, 1.54) is 12.8 Å². The number of hydrogen-bond donors (Lipinski definition) is 1. The zero-order chi connectivity index (χ0) is 14.5. The van der Waals surface area contributed by atoms with E-state index in [0.29, 0.717) is 6.10 Å². The first-order valence-corrected chi connectivity index (χ1v) is 7.48. The van der Waals surface area contributed by atoms with Gasteiger partial charge in [0.25, 0.3) is 0 Å². The first-order valence-electron chi connectivity index (χ1n) is 7.48. The number of methoxy groups -OCH3 is 1. The number of pyridine rings is 1. The normalized spacial score (nSPS) is 20.7. The van der Waals surface area contributed by atoms with Crippen LogP contribution in [0.2, 0.25) is 0 Å². The van der Waals surface area contributed by atoms with Crippen LogP contribution >= 0.6 is 0 Å². The number of aromatic nitrogens is 1. The van der Waals surface area contributed by atoms with E-state index in [4.69, 9.17) is 15.2 Å². The van der Waals surface area contributed by atoms with Crippen LogP contribution in [-0.2, 0) is 11.2 Å². The van der Waals surface area contributed by atoms with Gasteiger partial charge in [0.1, 0.15) is 5.75 Å². The third-order valence-corrected chi connectivity index (χ3v) is 4.04. The Bertz CT molecular complexity index is 442. The molecule has 1 saturated heterocycles. The van der Waals surface area contributed by atoms with Crippen LogP contribution in [0.3, 0.4) is 0 Å². The summed E-state index contributed by atoms with van der Waals surface area (Å²) in [6.45, 7) is 4.95. The molecule has 4 nitrogen and oxygen atoms in total. The Morgan fingerprint density at radius 2 is 2.25 bits per heavy atom. The summed E-state index contributed by atoms with van der Waals surface area (Å²) >= 11 is 0. The predicted octanol–water partition coefficient (Wildman–Crippen LogP) is 2.54. The van der Waals surface area contributed by atoms with Gasteiger partial charge in [-0.05, 0) is 39.5 Å². The summed E-state index contributed by atoms with van der Waals surface area (Å²) in [6.07, 6.45) is 7.46. The number of nitrogens with two attached hydrogens (primary N) is 1. The predicted molar refractivity (Wildman–Crippen MR) is 80.2 cm³/mol. The Morgan fingerprint density at radius 3 is 2.90 bits per heavy atom. The molecule has 1 aliphatic rings. The van der Waals surface area contributed by atoms with Gasteiger partial charge >= 0.3 is 0 Å². The van der Waals surface area contributed by atoms with Crippen LogP contribution < -0.4 is 10.5 Å². The average Bonchev–Trinajstić information content (AvgIpc) is 2.44. The van der Waals surface area contributed by atoms with Gasteiger partial charge in [0.15, 0.2) is 0 Å². The summed E-state index contributed by atoms with van der Waals surface area (Å²) in [6, 6.07) is 0.0942. The molecule has 1 aromatic rings. The first-order chi connectivity index (χ1) is 9.61. The highest BCUT2D eigenvalue weighted by molar-refractivity contribution is 5.41. The van der Waals surface area contributed by atoms with Crippen molar-refractivity contribution in [1.82, 2.24) is 4.98 Å². The summed E-state index contributed by atoms with van der Waals surface area (Å²) in [4.78, 5) is 4.52. The van der Waals surface area contributed by atoms with Crippen LogP contribution in [0.25, 0.3) is 0 Å². The van der Waals surface area contributed by atoms with Gasteiger partial charge in [0.2, 0.25) is 0 Å². The van der Waals surface area contributed by atoms with E-state index in [1.807, 2.05) is 13.1 Å². The number of aryl methyl sites for hydroxylation is 1. The minimum Gasteiger partial charge on any atom is -0.496 e. The van der Waals surface area contributed by atoms with Gasteiger partial charge in [-0.3, -0.25) is 4.98 Å². The number of nitrogens with zero attached hydrogens (tertiary/aromatic N) is 1. The van der Waals surface area contributed by atoms with E-state index in [0.717, 1.165) is 48.4 Å². The zero-order valence-corrected chi connectivity index (χ0v) is 12.8.